The molecule has 0 aliphatic rings. The van der Waals surface area contributed by atoms with Crippen molar-refractivity contribution in [2.75, 3.05) is 5.32 Å². The Labute approximate surface area is 138 Å². The van der Waals surface area contributed by atoms with E-state index >= 15 is 0 Å². The molecule has 2 aromatic carbocycles. The maximum Gasteiger partial charge on any atom is 0.335 e. The SMILES string of the molecule is O=C(CCCC(=O)c1ccccc1)Nc1cc(C(=O)O)ccc1O. The first-order valence-corrected chi connectivity index (χ1v) is 7.42. The Hall–Kier alpha value is -3.15. The van der Waals surface area contributed by atoms with Crippen molar-refractivity contribution in [1.82, 2.24) is 0 Å². The number of aromatic carboxylic acids is 1. The summed E-state index contributed by atoms with van der Waals surface area (Å²) < 4.78 is 0. The van der Waals surface area contributed by atoms with E-state index in [1.165, 1.54) is 18.2 Å². The molecule has 124 valence electrons. The molecule has 2 aromatic rings. The van der Waals surface area contributed by atoms with Gasteiger partial charge in [-0.2, -0.15) is 0 Å². The highest BCUT2D eigenvalue weighted by Gasteiger charge is 2.11. The summed E-state index contributed by atoms with van der Waals surface area (Å²) in [5.41, 5.74) is 0.598. The lowest BCUT2D eigenvalue weighted by atomic mass is 10.1. The number of carbonyl (C=O) groups excluding carboxylic acids is 2. The highest BCUT2D eigenvalue weighted by Crippen LogP contribution is 2.24. The van der Waals surface area contributed by atoms with Crippen LogP contribution < -0.4 is 5.32 Å². The molecular formula is C18H17NO5. The third-order valence-corrected chi connectivity index (χ3v) is 3.42. The van der Waals surface area contributed by atoms with Crippen LogP contribution in [0.15, 0.2) is 48.5 Å². The Morgan fingerprint density at radius 1 is 0.917 bits per heavy atom. The van der Waals surface area contributed by atoms with Crippen LogP contribution in [0.4, 0.5) is 5.69 Å². The summed E-state index contributed by atoms with van der Waals surface area (Å²) in [6.07, 6.45) is 0.687. The fourth-order valence-electron chi connectivity index (χ4n) is 2.16. The molecule has 0 aliphatic heterocycles. The number of aromatic hydroxyl groups is 1. The molecule has 6 nitrogen and oxygen atoms in total. The number of benzene rings is 2. The van der Waals surface area contributed by atoms with Gasteiger partial charge in [0.15, 0.2) is 5.78 Å². The lowest BCUT2D eigenvalue weighted by Gasteiger charge is -2.08. The standard InChI is InChI=1S/C18H17NO5/c20-15(12-5-2-1-3-6-12)7-4-8-17(22)19-14-11-13(18(23)24)9-10-16(14)21/h1-3,5-6,9-11,21H,4,7-8H2,(H,19,22)(H,23,24). The molecule has 6 heteroatoms. The van der Waals surface area contributed by atoms with Crippen LogP contribution in [-0.2, 0) is 4.79 Å². The summed E-state index contributed by atoms with van der Waals surface area (Å²) in [6.45, 7) is 0. The normalized spacial score (nSPS) is 10.2. The number of rotatable bonds is 7. The summed E-state index contributed by atoms with van der Waals surface area (Å²) in [5.74, 6) is -1.81. The van der Waals surface area contributed by atoms with Crippen molar-refractivity contribution in [3.63, 3.8) is 0 Å². The lowest BCUT2D eigenvalue weighted by molar-refractivity contribution is -0.116. The van der Waals surface area contributed by atoms with Crippen LogP contribution >= 0.6 is 0 Å². The van der Waals surface area contributed by atoms with Crippen molar-refractivity contribution in [3.8, 4) is 5.75 Å². The number of hydrogen-bond donors (Lipinski definition) is 3. The molecule has 0 fully saturated rings. The van der Waals surface area contributed by atoms with E-state index in [1.54, 1.807) is 24.3 Å². The smallest absolute Gasteiger partial charge is 0.335 e. The molecule has 0 atom stereocenters. The van der Waals surface area contributed by atoms with E-state index in [0.29, 0.717) is 12.0 Å². The summed E-state index contributed by atoms with van der Waals surface area (Å²) >= 11 is 0. The van der Waals surface area contributed by atoms with Crippen molar-refractivity contribution < 1.29 is 24.6 Å². The third-order valence-electron chi connectivity index (χ3n) is 3.42. The van der Waals surface area contributed by atoms with Gasteiger partial charge in [0.2, 0.25) is 5.91 Å². The maximum atomic E-state index is 11.9. The molecular weight excluding hydrogens is 310 g/mol. The molecule has 1 amide bonds. The van der Waals surface area contributed by atoms with E-state index in [-0.39, 0.29) is 35.6 Å². The zero-order chi connectivity index (χ0) is 17.5. The number of amides is 1. The molecule has 0 saturated heterocycles. The van der Waals surface area contributed by atoms with Crippen molar-refractivity contribution in [3.05, 3.63) is 59.7 Å². The Balaban J connectivity index is 1.87. The molecule has 0 aromatic heterocycles. The first kappa shape index (κ1) is 17.2. The fourth-order valence-corrected chi connectivity index (χ4v) is 2.16. The summed E-state index contributed by atoms with van der Waals surface area (Å²) in [7, 11) is 0. The minimum Gasteiger partial charge on any atom is -0.506 e. The van der Waals surface area contributed by atoms with Crippen LogP contribution in [0.2, 0.25) is 0 Å². The van der Waals surface area contributed by atoms with Gasteiger partial charge >= 0.3 is 5.97 Å². The molecule has 0 spiro atoms. The highest BCUT2D eigenvalue weighted by atomic mass is 16.4. The Bertz CT molecular complexity index is 755. The monoisotopic (exact) mass is 327 g/mol. The Kier molecular flexibility index (Phi) is 5.68. The van der Waals surface area contributed by atoms with Gasteiger partial charge in [-0.25, -0.2) is 4.79 Å². The number of Topliss-reactive ketones (excluding diaryl/α,β-unsaturated/α-hetero) is 1. The average molecular weight is 327 g/mol. The van der Waals surface area contributed by atoms with Crippen molar-refractivity contribution in [1.29, 1.82) is 0 Å². The second kappa shape index (κ2) is 7.92. The number of carbonyl (C=O) groups is 3. The van der Waals surface area contributed by atoms with Crippen LogP contribution in [0.5, 0.6) is 5.75 Å². The molecule has 2 rings (SSSR count). The zero-order valence-electron chi connectivity index (χ0n) is 12.9. The molecule has 0 saturated carbocycles. The van der Waals surface area contributed by atoms with Gasteiger partial charge in [0, 0.05) is 18.4 Å². The first-order chi connectivity index (χ1) is 11.5. The minimum absolute atomic E-state index is 0.0364. The van der Waals surface area contributed by atoms with E-state index in [1.807, 2.05) is 6.07 Å². The number of phenolic OH excluding ortho intramolecular Hbond substituents is 1. The van der Waals surface area contributed by atoms with Gasteiger partial charge in [-0.05, 0) is 24.6 Å². The minimum atomic E-state index is -1.15. The predicted molar refractivity (Wildman–Crippen MR) is 88.3 cm³/mol. The quantitative estimate of drug-likeness (QED) is 0.535. The van der Waals surface area contributed by atoms with Gasteiger partial charge in [0.25, 0.3) is 0 Å². The van der Waals surface area contributed by atoms with Crippen LogP contribution in [-0.4, -0.2) is 27.9 Å². The maximum absolute atomic E-state index is 11.9. The molecule has 0 bridgehead atoms. The van der Waals surface area contributed by atoms with Crippen molar-refractivity contribution in [2.45, 2.75) is 19.3 Å². The number of carboxylic acids is 1. The van der Waals surface area contributed by atoms with E-state index < -0.39 is 11.9 Å². The van der Waals surface area contributed by atoms with E-state index in [4.69, 9.17) is 5.11 Å². The van der Waals surface area contributed by atoms with Crippen molar-refractivity contribution >= 4 is 23.3 Å². The van der Waals surface area contributed by atoms with Crippen molar-refractivity contribution in [2.24, 2.45) is 0 Å². The summed E-state index contributed by atoms with van der Waals surface area (Å²) in [5, 5.41) is 21.0. The number of hydrogen-bond acceptors (Lipinski definition) is 4. The van der Waals surface area contributed by atoms with Gasteiger partial charge < -0.3 is 15.5 Å². The topological polar surface area (TPSA) is 104 Å². The molecule has 3 N–H and O–H groups in total. The van der Waals surface area contributed by atoms with Crippen LogP contribution in [0.1, 0.15) is 40.0 Å². The number of nitrogens with one attached hydrogen (secondary N) is 1. The van der Waals surface area contributed by atoms with Gasteiger partial charge in [-0.3, -0.25) is 9.59 Å². The van der Waals surface area contributed by atoms with E-state index in [9.17, 15) is 19.5 Å². The van der Waals surface area contributed by atoms with Crippen LogP contribution in [0.3, 0.4) is 0 Å². The summed E-state index contributed by atoms with van der Waals surface area (Å²) in [4.78, 5) is 34.7. The lowest BCUT2D eigenvalue weighted by Crippen LogP contribution is -2.12. The molecule has 24 heavy (non-hydrogen) atoms. The molecule has 0 heterocycles. The van der Waals surface area contributed by atoms with Crippen LogP contribution in [0.25, 0.3) is 0 Å². The molecule has 0 aliphatic carbocycles. The number of carboxylic acid groups (broad SMARTS) is 1. The predicted octanol–water partition coefficient (Wildman–Crippen LogP) is 3.08. The molecule has 0 unspecified atom stereocenters. The average Bonchev–Trinajstić information content (AvgIpc) is 2.57. The van der Waals surface area contributed by atoms with E-state index in [0.717, 1.165) is 0 Å². The van der Waals surface area contributed by atoms with Gasteiger partial charge in [-0.15, -0.1) is 0 Å². The molecule has 0 radical (unpaired) electrons. The van der Waals surface area contributed by atoms with Gasteiger partial charge in [0.05, 0.1) is 11.3 Å². The van der Waals surface area contributed by atoms with Gasteiger partial charge in [0.1, 0.15) is 5.75 Å². The summed E-state index contributed by atoms with van der Waals surface area (Å²) in [6, 6.07) is 12.4. The Morgan fingerprint density at radius 2 is 1.62 bits per heavy atom. The second-order valence-corrected chi connectivity index (χ2v) is 5.23. The fraction of sp³-hybridized carbons (Fsp3) is 0.167. The van der Waals surface area contributed by atoms with E-state index in [2.05, 4.69) is 5.32 Å². The number of ketones is 1. The largest absolute Gasteiger partial charge is 0.506 e. The zero-order valence-corrected chi connectivity index (χ0v) is 12.9. The second-order valence-electron chi connectivity index (χ2n) is 5.23. The highest BCUT2D eigenvalue weighted by molar-refractivity contribution is 5.97. The number of phenols is 1. The van der Waals surface area contributed by atoms with Gasteiger partial charge in [-0.1, -0.05) is 30.3 Å². The first-order valence-electron chi connectivity index (χ1n) is 7.42. The Morgan fingerprint density at radius 3 is 2.29 bits per heavy atom. The third kappa shape index (κ3) is 4.67. The van der Waals surface area contributed by atoms with Crippen LogP contribution in [0, 0.1) is 0 Å². The number of anilines is 1.